The molecule has 0 spiro atoms. The van der Waals surface area contributed by atoms with Crippen LogP contribution in [0, 0.1) is 0 Å². The monoisotopic (exact) mass is 230 g/mol. The first-order valence-electron chi connectivity index (χ1n) is 5.70. The first-order valence-corrected chi connectivity index (χ1v) is 8.70. The van der Waals surface area contributed by atoms with Gasteiger partial charge in [0.2, 0.25) is 0 Å². The highest BCUT2D eigenvalue weighted by atomic mass is 28.3. The summed E-state index contributed by atoms with van der Waals surface area (Å²) in [5.41, 5.74) is 2.69. The summed E-state index contributed by atoms with van der Waals surface area (Å²) in [6.45, 7) is 11.4. The third-order valence-corrected chi connectivity index (χ3v) is 6.56. The van der Waals surface area contributed by atoms with Gasteiger partial charge in [-0.1, -0.05) is 55.2 Å². The second-order valence-corrected chi connectivity index (χ2v) is 9.04. The smallest absolute Gasteiger partial charge is 0.155 e. The Bertz CT molecular complexity index is 458. The van der Waals surface area contributed by atoms with E-state index in [0.29, 0.717) is 6.61 Å². The zero-order valence-electron chi connectivity index (χ0n) is 10.2. The first kappa shape index (κ1) is 11.2. The van der Waals surface area contributed by atoms with Crippen LogP contribution in [0.3, 0.4) is 0 Å². The molecule has 1 aliphatic carbocycles. The minimum atomic E-state index is -1.67. The van der Waals surface area contributed by atoms with Gasteiger partial charge in [0.05, 0.1) is 12.0 Å². The predicted octanol–water partition coefficient (Wildman–Crippen LogP) is 3.18. The third kappa shape index (κ3) is 1.74. The lowest BCUT2D eigenvalue weighted by molar-refractivity contribution is 0.252. The van der Waals surface area contributed by atoms with Crippen molar-refractivity contribution >= 4 is 25.4 Å². The van der Waals surface area contributed by atoms with Gasteiger partial charge in [-0.2, -0.15) is 0 Å². The normalized spacial score (nSPS) is 12.9. The number of hydrogen-bond acceptors (Lipinski definition) is 1. The summed E-state index contributed by atoms with van der Waals surface area (Å²) in [6, 6.07) is 6.70. The topological polar surface area (TPSA) is 9.23 Å². The summed E-state index contributed by atoms with van der Waals surface area (Å²) >= 11 is 0. The van der Waals surface area contributed by atoms with Gasteiger partial charge >= 0.3 is 0 Å². The van der Waals surface area contributed by atoms with Gasteiger partial charge in [-0.25, -0.2) is 0 Å². The van der Waals surface area contributed by atoms with E-state index in [1.165, 1.54) is 16.3 Å². The number of benzene rings is 1. The molecule has 0 saturated heterocycles. The standard InChI is InChI=1S/C14H18OSi/c1-5-15-11(2)16(3,4)14-9-8-12-6-7-13(12)10-14/h6-10H,2,5H2,1,3-4H3. The second kappa shape index (κ2) is 3.94. The van der Waals surface area contributed by atoms with E-state index in [-0.39, 0.29) is 0 Å². The Labute approximate surface area is 98.5 Å². The van der Waals surface area contributed by atoms with Crippen molar-refractivity contribution in [2.75, 3.05) is 6.61 Å². The third-order valence-electron chi connectivity index (χ3n) is 3.27. The highest BCUT2D eigenvalue weighted by Gasteiger charge is 2.29. The van der Waals surface area contributed by atoms with Crippen molar-refractivity contribution < 1.29 is 4.74 Å². The highest BCUT2D eigenvalue weighted by molar-refractivity contribution is 6.95. The number of ether oxygens (including phenoxy) is 1. The molecule has 0 radical (unpaired) electrons. The van der Waals surface area contributed by atoms with E-state index in [1.54, 1.807) is 0 Å². The molecule has 2 heteroatoms. The van der Waals surface area contributed by atoms with Crippen molar-refractivity contribution in [2.24, 2.45) is 0 Å². The van der Waals surface area contributed by atoms with Crippen LogP contribution in [0.15, 0.2) is 30.2 Å². The molecule has 16 heavy (non-hydrogen) atoms. The molecule has 0 N–H and O–H groups in total. The van der Waals surface area contributed by atoms with E-state index in [9.17, 15) is 0 Å². The lowest BCUT2D eigenvalue weighted by atomic mass is 9.98. The van der Waals surface area contributed by atoms with Crippen LogP contribution in [0.4, 0.5) is 0 Å². The number of hydrogen-bond donors (Lipinski definition) is 0. The van der Waals surface area contributed by atoms with Gasteiger partial charge in [0.15, 0.2) is 8.07 Å². The van der Waals surface area contributed by atoms with Gasteiger partial charge in [-0.05, 0) is 18.1 Å². The van der Waals surface area contributed by atoms with Gasteiger partial charge < -0.3 is 4.74 Å². The SMILES string of the molecule is C=C(OCC)[Si](C)(C)c1ccc2c(c1)C=C2. The summed E-state index contributed by atoms with van der Waals surface area (Å²) in [5.74, 6) is 0. The maximum atomic E-state index is 5.60. The summed E-state index contributed by atoms with van der Waals surface area (Å²) in [6.07, 6.45) is 4.30. The molecule has 0 bridgehead atoms. The van der Waals surface area contributed by atoms with E-state index in [1.807, 2.05) is 6.92 Å². The van der Waals surface area contributed by atoms with Crippen LogP contribution < -0.4 is 5.19 Å². The van der Waals surface area contributed by atoms with E-state index < -0.39 is 8.07 Å². The van der Waals surface area contributed by atoms with E-state index in [2.05, 4.69) is 50.0 Å². The summed E-state index contributed by atoms with van der Waals surface area (Å²) in [7, 11) is -1.67. The lowest BCUT2D eigenvalue weighted by Gasteiger charge is -2.26. The van der Waals surface area contributed by atoms with Gasteiger partial charge in [0.25, 0.3) is 0 Å². The Kier molecular flexibility index (Phi) is 2.76. The van der Waals surface area contributed by atoms with E-state index in [4.69, 9.17) is 4.74 Å². The maximum absolute atomic E-state index is 5.60. The molecule has 0 heterocycles. The number of rotatable bonds is 4. The van der Waals surface area contributed by atoms with Crippen molar-refractivity contribution in [1.29, 1.82) is 0 Å². The Balaban J connectivity index is 2.29. The molecule has 0 atom stereocenters. The largest absolute Gasteiger partial charge is 0.504 e. The fourth-order valence-electron chi connectivity index (χ4n) is 1.86. The Hall–Kier alpha value is -1.28. The van der Waals surface area contributed by atoms with E-state index >= 15 is 0 Å². The lowest BCUT2D eigenvalue weighted by Crippen LogP contribution is -2.44. The summed E-state index contributed by atoms with van der Waals surface area (Å²) < 4.78 is 5.60. The van der Waals surface area contributed by atoms with Crippen molar-refractivity contribution in [3.8, 4) is 0 Å². The molecular formula is C14H18OSi. The Morgan fingerprint density at radius 3 is 2.44 bits per heavy atom. The van der Waals surface area contributed by atoms with Gasteiger partial charge in [0, 0.05) is 0 Å². The zero-order chi connectivity index (χ0) is 11.8. The molecular weight excluding hydrogens is 212 g/mol. The molecule has 0 aliphatic heterocycles. The highest BCUT2D eigenvalue weighted by Crippen LogP contribution is 2.24. The summed E-state index contributed by atoms with van der Waals surface area (Å²) in [4.78, 5) is 0. The molecule has 0 fully saturated rings. The zero-order valence-corrected chi connectivity index (χ0v) is 11.2. The van der Waals surface area contributed by atoms with Crippen molar-refractivity contribution in [3.05, 3.63) is 41.3 Å². The van der Waals surface area contributed by atoms with Crippen LogP contribution in [0.5, 0.6) is 0 Å². The van der Waals surface area contributed by atoms with Crippen LogP contribution >= 0.6 is 0 Å². The summed E-state index contributed by atoms with van der Waals surface area (Å²) in [5, 5.41) is 2.37. The van der Waals surface area contributed by atoms with Crippen LogP contribution in [0.2, 0.25) is 13.1 Å². The molecule has 1 aliphatic rings. The van der Waals surface area contributed by atoms with Crippen molar-refractivity contribution in [1.82, 2.24) is 0 Å². The second-order valence-electron chi connectivity index (χ2n) is 4.66. The molecule has 0 aromatic heterocycles. The molecule has 0 saturated carbocycles. The molecule has 84 valence electrons. The predicted molar refractivity (Wildman–Crippen MR) is 73.3 cm³/mol. The quantitative estimate of drug-likeness (QED) is 0.579. The minimum Gasteiger partial charge on any atom is -0.504 e. The first-order chi connectivity index (χ1) is 7.55. The fourth-order valence-corrected chi connectivity index (χ4v) is 3.70. The van der Waals surface area contributed by atoms with Gasteiger partial charge in [0.1, 0.15) is 0 Å². The van der Waals surface area contributed by atoms with Crippen molar-refractivity contribution in [3.63, 3.8) is 0 Å². The Morgan fingerprint density at radius 1 is 1.25 bits per heavy atom. The Morgan fingerprint density at radius 2 is 1.94 bits per heavy atom. The molecule has 1 aromatic carbocycles. The maximum Gasteiger partial charge on any atom is 0.155 e. The van der Waals surface area contributed by atoms with Crippen LogP contribution in [-0.2, 0) is 4.74 Å². The molecule has 1 aromatic rings. The fraction of sp³-hybridized carbons (Fsp3) is 0.286. The minimum absolute atomic E-state index is 0.708. The van der Waals surface area contributed by atoms with E-state index in [0.717, 1.165) is 5.38 Å². The van der Waals surface area contributed by atoms with Crippen LogP contribution in [0.25, 0.3) is 12.2 Å². The number of fused-ring (bicyclic) bond motifs is 1. The van der Waals surface area contributed by atoms with Gasteiger partial charge in [-0.15, -0.1) is 0 Å². The van der Waals surface area contributed by atoms with Crippen LogP contribution in [-0.4, -0.2) is 14.7 Å². The molecule has 0 amide bonds. The molecule has 1 nitrogen and oxygen atoms in total. The molecule has 2 rings (SSSR count). The molecule has 0 unspecified atom stereocenters. The average molecular weight is 230 g/mol. The van der Waals surface area contributed by atoms with Crippen molar-refractivity contribution in [2.45, 2.75) is 20.0 Å². The average Bonchev–Trinajstić information content (AvgIpc) is 2.20. The van der Waals surface area contributed by atoms with Crippen LogP contribution in [0.1, 0.15) is 18.1 Å². The van der Waals surface area contributed by atoms with Gasteiger partial charge in [-0.3, -0.25) is 0 Å².